The van der Waals surface area contributed by atoms with Gasteiger partial charge in [0.25, 0.3) is 0 Å². The van der Waals surface area contributed by atoms with Crippen LogP contribution in [0.4, 0.5) is 5.82 Å². The number of aryl methyl sites for hydroxylation is 2. The number of amides is 1. The molecule has 3 N–H and O–H groups in total. The van der Waals surface area contributed by atoms with Crippen molar-refractivity contribution in [3.63, 3.8) is 0 Å². The lowest BCUT2D eigenvalue weighted by atomic mass is 9.93. The molecule has 0 aliphatic carbocycles. The zero-order valence-corrected chi connectivity index (χ0v) is 10.5. The summed E-state index contributed by atoms with van der Waals surface area (Å²) < 4.78 is 1.59. The van der Waals surface area contributed by atoms with Gasteiger partial charge in [0, 0.05) is 13.6 Å². The lowest BCUT2D eigenvalue weighted by Gasteiger charge is -2.21. The molecule has 0 spiro atoms. The Morgan fingerprint density at radius 2 is 2.24 bits per heavy atom. The van der Waals surface area contributed by atoms with E-state index in [4.69, 9.17) is 11.0 Å². The maximum absolute atomic E-state index is 11.2. The Bertz CT molecular complexity index is 481. The van der Waals surface area contributed by atoms with Crippen molar-refractivity contribution in [1.29, 1.82) is 5.26 Å². The molecule has 0 unspecified atom stereocenters. The number of nitriles is 1. The van der Waals surface area contributed by atoms with Gasteiger partial charge in [-0.2, -0.15) is 10.4 Å². The number of anilines is 1. The monoisotopic (exact) mass is 235 g/mol. The Balaban J connectivity index is 2.91. The molecule has 0 bridgehead atoms. The summed E-state index contributed by atoms with van der Waals surface area (Å²) in [5.74, 6) is 0.224. The summed E-state index contributed by atoms with van der Waals surface area (Å²) in [4.78, 5) is 11.2. The Labute approximate surface area is 100 Å². The van der Waals surface area contributed by atoms with Crippen molar-refractivity contribution >= 4 is 11.7 Å². The standard InChI is InChI=1S/C11H17N5O/c1-7-8(5-12)9(16(4)15-7)14-6-11(2,3)10(13)17/h14H,6H2,1-4H3,(H2,13,17). The zero-order chi connectivity index (χ0) is 13.2. The lowest BCUT2D eigenvalue weighted by Crippen LogP contribution is -2.37. The molecule has 1 rings (SSSR count). The largest absolute Gasteiger partial charge is 0.369 e. The first-order chi connectivity index (χ1) is 7.79. The summed E-state index contributed by atoms with van der Waals surface area (Å²) in [5.41, 5.74) is 5.76. The van der Waals surface area contributed by atoms with Gasteiger partial charge in [-0.25, -0.2) is 0 Å². The van der Waals surface area contributed by atoms with E-state index in [1.807, 2.05) is 0 Å². The quantitative estimate of drug-likeness (QED) is 0.795. The zero-order valence-electron chi connectivity index (χ0n) is 10.5. The van der Waals surface area contributed by atoms with E-state index in [-0.39, 0.29) is 5.91 Å². The first-order valence-electron chi connectivity index (χ1n) is 5.27. The second-order valence-corrected chi connectivity index (χ2v) is 4.65. The van der Waals surface area contributed by atoms with Gasteiger partial charge in [-0.1, -0.05) is 0 Å². The Morgan fingerprint density at radius 1 is 1.65 bits per heavy atom. The second kappa shape index (κ2) is 4.45. The normalized spacial score (nSPS) is 11.0. The summed E-state index contributed by atoms with van der Waals surface area (Å²) >= 11 is 0. The SMILES string of the molecule is Cc1nn(C)c(NCC(C)(C)C(N)=O)c1C#N. The number of hydrogen-bond donors (Lipinski definition) is 2. The van der Waals surface area contributed by atoms with E-state index in [2.05, 4.69) is 16.5 Å². The Kier molecular flexibility index (Phi) is 3.42. The molecule has 0 aromatic carbocycles. The van der Waals surface area contributed by atoms with Crippen LogP contribution in [0.2, 0.25) is 0 Å². The van der Waals surface area contributed by atoms with Crippen LogP contribution in [0.1, 0.15) is 25.1 Å². The van der Waals surface area contributed by atoms with Gasteiger partial charge in [0.15, 0.2) is 0 Å². The van der Waals surface area contributed by atoms with Crippen LogP contribution in [0, 0.1) is 23.7 Å². The van der Waals surface area contributed by atoms with E-state index >= 15 is 0 Å². The Morgan fingerprint density at radius 3 is 2.71 bits per heavy atom. The first kappa shape index (κ1) is 13.0. The van der Waals surface area contributed by atoms with Crippen LogP contribution >= 0.6 is 0 Å². The van der Waals surface area contributed by atoms with Crippen LogP contribution in [0.15, 0.2) is 0 Å². The number of aromatic nitrogens is 2. The average Bonchev–Trinajstić information content (AvgIpc) is 2.49. The molecule has 0 saturated heterocycles. The maximum atomic E-state index is 11.2. The summed E-state index contributed by atoms with van der Waals surface area (Å²) in [6, 6.07) is 2.09. The van der Waals surface area contributed by atoms with Crippen molar-refractivity contribution in [3.8, 4) is 6.07 Å². The van der Waals surface area contributed by atoms with Crippen LogP contribution in [0.3, 0.4) is 0 Å². The molecular formula is C11H17N5O. The van der Waals surface area contributed by atoms with Crippen LogP contribution in [-0.2, 0) is 11.8 Å². The predicted octanol–water partition coefficient (Wildman–Crippen LogP) is 0.524. The number of primary amides is 1. The highest BCUT2D eigenvalue weighted by molar-refractivity contribution is 5.80. The van der Waals surface area contributed by atoms with Crippen LogP contribution < -0.4 is 11.1 Å². The number of nitrogens with one attached hydrogen (secondary N) is 1. The van der Waals surface area contributed by atoms with Gasteiger partial charge < -0.3 is 11.1 Å². The highest BCUT2D eigenvalue weighted by atomic mass is 16.1. The highest BCUT2D eigenvalue weighted by Gasteiger charge is 2.25. The van der Waals surface area contributed by atoms with E-state index in [1.165, 1.54) is 0 Å². The maximum Gasteiger partial charge on any atom is 0.224 e. The molecule has 1 aromatic heterocycles. The number of rotatable bonds is 4. The summed E-state index contributed by atoms with van der Waals surface area (Å²) in [7, 11) is 1.74. The fraction of sp³-hybridized carbons (Fsp3) is 0.545. The van der Waals surface area contributed by atoms with Crippen molar-refractivity contribution < 1.29 is 4.79 Å². The molecule has 17 heavy (non-hydrogen) atoms. The summed E-state index contributed by atoms with van der Waals surface area (Å²) in [6.45, 7) is 5.62. The fourth-order valence-electron chi connectivity index (χ4n) is 1.39. The minimum atomic E-state index is -0.676. The van der Waals surface area contributed by atoms with Crippen molar-refractivity contribution in [2.45, 2.75) is 20.8 Å². The third kappa shape index (κ3) is 2.56. The van der Waals surface area contributed by atoms with Crippen molar-refractivity contribution in [1.82, 2.24) is 9.78 Å². The average molecular weight is 235 g/mol. The fourth-order valence-corrected chi connectivity index (χ4v) is 1.39. The molecule has 1 heterocycles. The van der Waals surface area contributed by atoms with E-state index < -0.39 is 5.41 Å². The van der Waals surface area contributed by atoms with Crippen LogP contribution in [0.5, 0.6) is 0 Å². The smallest absolute Gasteiger partial charge is 0.224 e. The third-order valence-corrected chi connectivity index (χ3v) is 2.70. The number of carbonyl (C=O) groups is 1. The van der Waals surface area contributed by atoms with Gasteiger partial charge in [0.1, 0.15) is 17.5 Å². The van der Waals surface area contributed by atoms with Gasteiger partial charge in [0.2, 0.25) is 5.91 Å². The van der Waals surface area contributed by atoms with E-state index in [0.29, 0.717) is 23.6 Å². The van der Waals surface area contributed by atoms with Gasteiger partial charge in [-0.3, -0.25) is 9.48 Å². The molecule has 0 saturated carbocycles. The molecule has 6 nitrogen and oxygen atoms in total. The van der Waals surface area contributed by atoms with Gasteiger partial charge >= 0.3 is 0 Å². The van der Waals surface area contributed by atoms with Crippen molar-refractivity contribution in [2.75, 3.05) is 11.9 Å². The van der Waals surface area contributed by atoms with Crippen LogP contribution in [0.25, 0.3) is 0 Å². The lowest BCUT2D eigenvalue weighted by molar-refractivity contribution is -0.125. The molecule has 92 valence electrons. The summed E-state index contributed by atoms with van der Waals surface area (Å²) in [5, 5.41) is 16.2. The number of nitrogens with two attached hydrogens (primary N) is 1. The van der Waals surface area contributed by atoms with Gasteiger partial charge in [0.05, 0.1) is 11.1 Å². The molecule has 0 atom stereocenters. The van der Waals surface area contributed by atoms with E-state index in [1.54, 1.807) is 32.5 Å². The summed E-state index contributed by atoms with van der Waals surface area (Å²) in [6.07, 6.45) is 0. The highest BCUT2D eigenvalue weighted by Crippen LogP contribution is 2.20. The van der Waals surface area contributed by atoms with Crippen molar-refractivity contribution in [2.24, 2.45) is 18.2 Å². The van der Waals surface area contributed by atoms with Crippen molar-refractivity contribution in [3.05, 3.63) is 11.3 Å². The topological polar surface area (TPSA) is 96.7 Å². The number of hydrogen-bond acceptors (Lipinski definition) is 4. The van der Waals surface area contributed by atoms with Crippen LogP contribution in [-0.4, -0.2) is 22.2 Å². The molecule has 1 aromatic rings. The predicted molar refractivity (Wildman–Crippen MR) is 64.1 cm³/mol. The van der Waals surface area contributed by atoms with Gasteiger partial charge in [-0.05, 0) is 20.8 Å². The van der Waals surface area contributed by atoms with E-state index in [0.717, 1.165) is 0 Å². The molecular weight excluding hydrogens is 218 g/mol. The third-order valence-electron chi connectivity index (χ3n) is 2.70. The molecule has 0 radical (unpaired) electrons. The molecule has 0 aliphatic rings. The number of nitrogens with zero attached hydrogens (tertiary/aromatic N) is 3. The Hall–Kier alpha value is -2.03. The minimum Gasteiger partial charge on any atom is -0.369 e. The molecule has 1 amide bonds. The second-order valence-electron chi connectivity index (χ2n) is 4.65. The molecule has 0 fully saturated rings. The minimum absolute atomic E-state index is 0.357. The van der Waals surface area contributed by atoms with E-state index in [9.17, 15) is 4.79 Å². The molecule has 6 heteroatoms. The molecule has 0 aliphatic heterocycles. The first-order valence-corrected chi connectivity index (χ1v) is 5.27. The van der Waals surface area contributed by atoms with Gasteiger partial charge in [-0.15, -0.1) is 0 Å². The number of carbonyl (C=O) groups excluding carboxylic acids is 1.